The van der Waals surface area contributed by atoms with Crippen molar-refractivity contribution in [2.24, 2.45) is 15.8 Å². The zero-order valence-corrected chi connectivity index (χ0v) is 15.7. The molecule has 1 amide bonds. The van der Waals surface area contributed by atoms with Crippen molar-refractivity contribution in [3.05, 3.63) is 64.1 Å². The van der Waals surface area contributed by atoms with Crippen LogP contribution in [0.15, 0.2) is 63.1 Å². The summed E-state index contributed by atoms with van der Waals surface area (Å²) in [4.78, 5) is 16.8. The van der Waals surface area contributed by atoms with Gasteiger partial charge in [0.1, 0.15) is 0 Å². The Balaban J connectivity index is 2.02. The van der Waals surface area contributed by atoms with Gasteiger partial charge in [-0.1, -0.05) is 40.2 Å². The average Bonchev–Trinajstić information content (AvgIpc) is 2.55. The molecule has 0 spiro atoms. The quantitative estimate of drug-likeness (QED) is 0.610. The topological polar surface area (TPSA) is 79.8 Å². The summed E-state index contributed by atoms with van der Waals surface area (Å²) in [5.41, 5.74) is 11.6. The second-order valence-electron chi connectivity index (χ2n) is 6.55. The Morgan fingerprint density at radius 3 is 2.56 bits per heavy atom. The molecule has 3 N–H and O–H groups in total. The molecule has 1 aliphatic heterocycles. The van der Waals surface area contributed by atoms with Crippen LogP contribution in [0.2, 0.25) is 0 Å². The molecule has 0 aliphatic carbocycles. The second kappa shape index (κ2) is 6.80. The summed E-state index contributed by atoms with van der Waals surface area (Å²) in [6, 6.07) is 15.4. The maximum atomic E-state index is 12.1. The Bertz CT molecular complexity index is 869. The van der Waals surface area contributed by atoms with Gasteiger partial charge >= 0.3 is 0 Å². The summed E-state index contributed by atoms with van der Waals surface area (Å²) in [5.74, 6) is -0.615. The Labute approximate surface area is 155 Å². The lowest BCUT2D eigenvalue weighted by Gasteiger charge is -2.28. The minimum Gasteiger partial charge on any atom is -0.364 e. The minimum atomic E-state index is -0.615. The fourth-order valence-electron chi connectivity index (χ4n) is 2.82. The van der Waals surface area contributed by atoms with Gasteiger partial charge in [-0.2, -0.15) is 5.10 Å². The Kier molecular flexibility index (Phi) is 4.72. The number of aliphatic imine (C=N–C) groups is 1. The molecule has 0 atom stereocenters. The predicted octanol–water partition coefficient (Wildman–Crippen LogP) is 3.53. The van der Waals surface area contributed by atoms with Crippen molar-refractivity contribution >= 4 is 38.9 Å². The molecule has 5 nitrogen and oxygen atoms in total. The van der Waals surface area contributed by atoms with E-state index in [-0.39, 0.29) is 11.3 Å². The zero-order chi connectivity index (χ0) is 18.0. The van der Waals surface area contributed by atoms with Gasteiger partial charge in [-0.05, 0) is 50.1 Å². The van der Waals surface area contributed by atoms with Crippen LogP contribution < -0.4 is 11.2 Å². The molecule has 0 aromatic heterocycles. The van der Waals surface area contributed by atoms with Crippen LogP contribution in [-0.2, 0) is 11.2 Å². The monoisotopic (exact) mass is 398 g/mol. The number of carbonyl (C=O) groups excluding carboxylic acids is 1. The normalized spacial score (nSPS) is 16.0. The lowest BCUT2D eigenvalue weighted by molar-refractivity contribution is -0.111. The number of halogens is 1. The highest BCUT2D eigenvalue weighted by Gasteiger charge is 2.30. The fraction of sp³-hybridized carbons (Fsp3) is 0.211. The number of hydrazone groups is 1. The molecular formula is C19H19BrN4O. The van der Waals surface area contributed by atoms with Gasteiger partial charge in [-0.3, -0.25) is 15.2 Å². The molecule has 0 fully saturated rings. The number of nitrogens with one attached hydrogen (secondary N) is 1. The third kappa shape index (κ3) is 3.96. The van der Waals surface area contributed by atoms with Crippen LogP contribution in [0, 0.1) is 0 Å². The van der Waals surface area contributed by atoms with Crippen molar-refractivity contribution < 1.29 is 4.79 Å². The summed E-state index contributed by atoms with van der Waals surface area (Å²) in [5, 5.41) is 4.26. The van der Waals surface area contributed by atoms with E-state index in [2.05, 4.69) is 26.5 Å². The predicted molar refractivity (Wildman–Crippen MR) is 105 cm³/mol. The number of benzene rings is 2. The summed E-state index contributed by atoms with van der Waals surface area (Å²) < 4.78 is 0.962. The highest BCUT2D eigenvalue weighted by molar-refractivity contribution is 9.10. The van der Waals surface area contributed by atoms with E-state index in [1.54, 1.807) is 0 Å². The molecule has 0 unspecified atom stereocenters. The first-order valence-corrected chi connectivity index (χ1v) is 8.73. The molecule has 0 bridgehead atoms. The third-order valence-corrected chi connectivity index (χ3v) is 4.44. The SMILES string of the molecule is CC1(C)Cc2ccccc2C(C(=NNc2ccc(Br)cc2)C(N)=O)=N1. The number of fused-ring (bicyclic) bond motifs is 1. The molecule has 25 heavy (non-hydrogen) atoms. The van der Waals surface area contributed by atoms with Gasteiger partial charge in [0.05, 0.1) is 16.9 Å². The van der Waals surface area contributed by atoms with Crippen molar-refractivity contribution in [3.63, 3.8) is 0 Å². The number of hydrogen-bond donors (Lipinski definition) is 2. The lowest BCUT2D eigenvalue weighted by Crippen LogP contribution is -2.38. The summed E-state index contributed by atoms with van der Waals surface area (Å²) in [6.45, 7) is 4.06. The van der Waals surface area contributed by atoms with E-state index in [0.717, 1.165) is 27.7 Å². The van der Waals surface area contributed by atoms with E-state index >= 15 is 0 Å². The van der Waals surface area contributed by atoms with Crippen molar-refractivity contribution in [1.82, 2.24) is 0 Å². The van der Waals surface area contributed by atoms with E-state index < -0.39 is 5.91 Å². The van der Waals surface area contributed by atoms with Crippen molar-refractivity contribution in [2.45, 2.75) is 25.8 Å². The van der Waals surface area contributed by atoms with E-state index in [0.29, 0.717) is 5.71 Å². The number of primary amides is 1. The van der Waals surface area contributed by atoms with Crippen molar-refractivity contribution in [2.75, 3.05) is 5.43 Å². The molecule has 0 saturated heterocycles. The van der Waals surface area contributed by atoms with Crippen LogP contribution >= 0.6 is 15.9 Å². The molecule has 0 radical (unpaired) electrons. The first kappa shape index (κ1) is 17.4. The van der Waals surface area contributed by atoms with Gasteiger partial charge in [0.15, 0.2) is 5.71 Å². The lowest BCUT2D eigenvalue weighted by atomic mass is 9.85. The van der Waals surface area contributed by atoms with Gasteiger partial charge in [0, 0.05) is 10.0 Å². The first-order valence-electron chi connectivity index (χ1n) is 7.93. The van der Waals surface area contributed by atoms with Crippen molar-refractivity contribution in [3.8, 4) is 0 Å². The molecule has 6 heteroatoms. The maximum Gasteiger partial charge on any atom is 0.271 e. The number of amides is 1. The summed E-state index contributed by atoms with van der Waals surface area (Å²) in [7, 11) is 0. The van der Waals surface area contributed by atoms with E-state index in [1.165, 1.54) is 0 Å². The number of anilines is 1. The van der Waals surface area contributed by atoms with Gasteiger partial charge in [0.25, 0.3) is 5.91 Å². The van der Waals surface area contributed by atoms with E-state index in [4.69, 9.17) is 10.7 Å². The van der Waals surface area contributed by atoms with E-state index in [9.17, 15) is 4.79 Å². The van der Waals surface area contributed by atoms with Crippen LogP contribution in [0.4, 0.5) is 5.69 Å². The largest absolute Gasteiger partial charge is 0.364 e. The van der Waals surface area contributed by atoms with Crippen LogP contribution in [0.25, 0.3) is 0 Å². The Morgan fingerprint density at radius 1 is 1.20 bits per heavy atom. The Morgan fingerprint density at radius 2 is 1.88 bits per heavy atom. The highest BCUT2D eigenvalue weighted by Crippen LogP contribution is 2.27. The Hall–Kier alpha value is -2.47. The first-order chi connectivity index (χ1) is 11.9. The third-order valence-electron chi connectivity index (χ3n) is 3.91. The standard InChI is InChI=1S/C19H19BrN4O/c1-19(2)11-12-5-3-4-6-15(12)16(22-19)17(18(21)25)24-23-14-9-7-13(20)8-10-14/h3-10,23H,11H2,1-2H3,(H2,21,25). The molecule has 2 aromatic rings. The van der Waals surface area contributed by atoms with Crippen LogP contribution in [0.3, 0.4) is 0 Å². The highest BCUT2D eigenvalue weighted by atomic mass is 79.9. The van der Waals surface area contributed by atoms with Crippen molar-refractivity contribution in [1.29, 1.82) is 0 Å². The summed E-state index contributed by atoms with van der Waals surface area (Å²) in [6.07, 6.45) is 0.804. The average molecular weight is 399 g/mol. The smallest absolute Gasteiger partial charge is 0.271 e. The summed E-state index contributed by atoms with van der Waals surface area (Å²) >= 11 is 3.38. The van der Waals surface area contributed by atoms with Gasteiger partial charge < -0.3 is 5.73 Å². The molecule has 128 valence electrons. The fourth-order valence-corrected chi connectivity index (χ4v) is 3.09. The molecule has 1 aliphatic rings. The molecule has 2 aromatic carbocycles. The number of nitrogens with zero attached hydrogens (tertiary/aromatic N) is 2. The number of rotatable bonds is 4. The molecule has 1 heterocycles. The van der Waals surface area contributed by atoms with Crippen LogP contribution in [0.5, 0.6) is 0 Å². The molecule has 3 rings (SSSR count). The van der Waals surface area contributed by atoms with E-state index in [1.807, 2.05) is 62.4 Å². The van der Waals surface area contributed by atoms with Gasteiger partial charge in [0.2, 0.25) is 0 Å². The van der Waals surface area contributed by atoms with Gasteiger partial charge in [-0.15, -0.1) is 0 Å². The number of hydrogen-bond acceptors (Lipinski definition) is 4. The maximum absolute atomic E-state index is 12.1. The molecular weight excluding hydrogens is 380 g/mol. The van der Waals surface area contributed by atoms with Gasteiger partial charge in [-0.25, -0.2) is 0 Å². The second-order valence-corrected chi connectivity index (χ2v) is 7.47. The number of carbonyl (C=O) groups is 1. The van der Waals surface area contributed by atoms with Crippen LogP contribution in [-0.4, -0.2) is 22.9 Å². The van der Waals surface area contributed by atoms with Crippen LogP contribution in [0.1, 0.15) is 25.0 Å². The molecule has 0 saturated carbocycles. The number of nitrogens with two attached hydrogens (primary N) is 1. The zero-order valence-electron chi connectivity index (χ0n) is 14.1. The minimum absolute atomic E-state index is 0.128.